The highest BCUT2D eigenvalue weighted by molar-refractivity contribution is 5.17. The lowest BCUT2D eigenvalue weighted by Crippen LogP contribution is -2.41. The number of hydrogen-bond donors (Lipinski definition) is 0. The van der Waals surface area contributed by atoms with E-state index in [4.69, 9.17) is 0 Å². The van der Waals surface area contributed by atoms with Gasteiger partial charge in [-0.15, -0.1) is 0 Å². The Kier molecular flexibility index (Phi) is 7.63. The van der Waals surface area contributed by atoms with Crippen LogP contribution in [0, 0.1) is 18.7 Å². The molecule has 0 saturated carbocycles. The van der Waals surface area contributed by atoms with Crippen LogP contribution in [0.3, 0.4) is 0 Å². The summed E-state index contributed by atoms with van der Waals surface area (Å²) in [7, 11) is 0. The monoisotopic (exact) mass is 386 g/mol. The fraction of sp³-hybridized carbons (Fsp3) is 0.609. The number of piperidine rings is 1. The Bertz CT molecular complexity index is 742. The summed E-state index contributed by atoms with van der Waals surface area (Å²) in [4.78, 5) is 5.12. The first-order chi connectivity index (χ1) is 13.6. The third kappa shape index (κ3) is 5.89. The molecule has 1 unspecified atom stereocenters. The van der Waals surface area contributed by atoms with Crippen molar-refractivity contribution in [1.29, 1.82) is 0 Å². The molecule has 2 aromatic rings. The Morgan fingerprint density at radius 1 is 1.29 bits per heavy atom. The van der Waals surface area contributed by atoms with Crippen molar-refractivity contribution in [2.24, 2.45) is 5.92 Å². The van der Waals surface area contributed by atoms with Crippen molar-refractivity contribution < 1.29 is 4.39 Å². The van der Waals surface area contributed by atoms with E-state index in [1.807, 2.05) is 16.8 Å². The van der Waals surface area contributed by atoms with Crippen LogP contribution >= 0.6 is 0 Å². The summed E-state index contributed by atoms with van der Waals surface area (Å²) in [5.41, 5.74) is 3.60. The predicted molar refractivity (Wildman–Crippen MR) is 113 cm³/mol. The van der Waals surface area contributed by atoms with E-state index in [1.54, 1.807) is 6.07 Å². The average Bonchev–Trinajstić information content (AvgIpc) is 3.06. The van der Waals surface area contributed by atoms with E-state index < -0.39 is 0 Å². The summed E-state index contributed by atoms with van der Waals surface area (Å²) < 4.78 is 15.4. The van der Waals surface area contributed by atoms with Crippen molar-refractivity contribution in [3.05, 3.63) is 53.1 Å². The van der Waals surface area contributed by atoms with Crippen LogP contribution in [0.15, 0.2) is 30.5 Å². The second-order valence-electron chi connectivity index (χ2n) is 8.11. The number of rotatable bonds is 9. The van der Waals surface area contributed by atoms with Crippen LogP contribution in [0.4, 0.5) is 4.39 Å². The molecule has 0 spiro atoms. The second-order valence-corrected chi connectivity index (χ2v) is 8.11. The van der Waals surface area contributed by atoms with Crippen LogP contribution in [0.5, 0.6) is 0 Å². The number of halogens is 1. The van der Waals surface area contributed by atoms with Gasteiger partial charge in [-0.3, -0.25) is 9.58 Å². The number of likely N-dealkylation sites (tertiary alicyclic amines) is 1. The average molecular weight is 387 g/mol. The van der Waals surface area contributed by atoms with E-state index in [2.05, 4.69) is 41.9 Å². The third-order valence-corrected chi connectivity index (χ3v) is 5.94. The molecular weight excluding hydrogens is 351 g/mol. The van der Waals surface area contributed by atoms with Crippen molar-refractivity contribution in [2.75, 3.05) is 32.7 Å². The second kappa shape index (κ2) is 10.2. The highest BCUT2D eigenvalue weighted by atomic mass is 19.1. The van der Waals surface area contributed by atoms with Gasteiger partial charge in [-0.2, -0.15) is 5.10 Å². The highest BCUT2D eigenvalue weighted by Crippen LogP contribution is 2.20. The van der Waals surface area contributed by atoms with Crippen LogP contribution in [-0.2, 0) is 19.5 Å². The zero-order valence-electron chi connectivity index (χ0n) is 17.7. The van der Waals surface area contributed by atoms with E-state index in [9.17, 15) is 4.39 Å². The maximum atomic E-state index is 13.4. The molecule has 1 fully saturated rings. The topological polar surface area (TPSA) is 24.3 Å². The van der Waals surface area contributed by atoms with Crippen LogP contribution in [0.2, 0.25) is 0 Å². The molecule has 5 heteroatoms. The summed E-state index contributed by atoms with van der Waals surface area (Å²) in [5, 5.41) is 4.59. The molecule has 0 N–H and O–H groups in total. The highest BCUT2D eigenvalue weighted by Gasteiger charge is 2.22. The molecule has 1 aliphatic rings. The molecule has 0 aliphatic carbocycles. The number of hydrogen-bond acceptors (Lipinski definition) is 3. The first kappa shape index (κ1) is 21.0. The van der Waals surface area contributed by atoms with Crippen LogP contribution < -0.4 is 0 Å². The Labute approximate surface area is 169 Å². The van der Waals surface area contributed by atoms with Gasteiger partial charge in [0.05, 0.1) is 5.69 Å². The van der Waals surface area contributed by atoms with Gasteiger partial charge in [0, 0.05) is 44.5 Å². The maximum absolute atomic E-state index is 13.4. The molecule has 0 amide bonds. The lowest BCUT2D eigenvalue weighted by molar-refractivity contribution is 0.133. The van der Waals surface area contributed by atoms with Crippen molar-refractivity contribution in [3.8, 4) is 0 Å². The van der Waals surface area contributed by atoms with Gasteiger partial charge in [-0.05, 0) is 69.8 Å². The van der Waals surface area contributed by atoms with E-state index in [-0.39, 0.29) is 5.82 Å². The van der Waals surface area contributed by atoms with Gasteiger partial charge in [-0.1, -0.05) is 19.1 Å². The first-order valence-electron chi connectivity index (χ1n) is 10.8. The number of aryl methyl sites for hydroxylation is 2. The Morgan fingerprint density at radius 3 is 2.86 bits per heavy atom. The molecule has 3 rings (SSSR count). The number of benzene rings is 1. The van der Waals surface area contributed by atoms with E-state index >= 15 is 0 Å². The molecule has 154 valence electrons. The molecule has 1 atom stereocenters. The van der Waals surface area contributed by atoms with E-state index in [0.29, 0.717) is 5.92 Å². The molecule has 1 aromatic heterocycles. The van der Waals surface area contributed by atoms with Crippen LogP contribution in [0.25, 0.3) is 0 Å². The van der Waals surface area contributed by atoms with Gasteiger partial charge in [0.1, 0.15) is 5.82 Å². The minimum atomic E-state index is -0.130. The van der Waals surface area contributed by atoms with Crippen molar-refractivity contribution in [3.63, 3.8) is 0 Å². The van der Waals surface area contributed by atoms with E-state index in [1.165, 1.54) is 31.0 Å². The standard InChI is InChI=1S/C23H35FN4/c1-4-26(17-22-18-28(5-2)25-19(22)3)15-21-9-7-12-27(16-21)13-11-20-8-6-10-23(24)14-20/h6,8,10,14,18,21H,4-5,7,9,11-13,15-17H2,1-3H3. The molecule has 1 aromatic carbocycles. The Balaban J connectivity index is 1.50. The summed E-state index contributed by atoms with van der Waals surface area (Å²) in [5.74, 6) is 0.581. The minimum absolute atomic E-state index is 0.130. The van der Waals surface area contributed by atoms with Gasteiger partial charge >= 0.3 is 0 Å². The summed E-state index contributed by atoms with van der Waals surface area (Å²) in [6, 6.07) is 7.03. The smallest absolute Gasteiger partial charge is 0.123 e. The molecule has 1 saturated heterocycles. The maximum Gasteiger partial charge on any atom is 0.123 e. The molecule has 28 heavy (non-hydrogen) atoms. The first-order valence-corrected chi connectivity index (χ1v) is 10.8. The van der Waals surface area contributed by atoms with Gasteiger partial charge < -0.3 is 4.90 Å². The van der Waals surface area contributed by atoms with Crippen molar-refractivity contribution in [1.82, 2.24) is 19.6 Å². The molecule has 0 bridgehead atoms. The number of aromatic nitrogens is 2. The van der Waals surface area contributed by atoms with Crippen molar-refractivity contribution >= 4 is 0 Å². The molecule has 2 heterocycles. The Hall–Kier alpha value is -1.72. The van der Waals surface area contributed by atoms with Crippen LogP contribution in [-0.4, -0.2) is 52.3 Å². The van der Waals surface area contributed by atoms with Gasteiger partial charge in [-0.25, -0.2) is 4.39 Å². The van der Waals surface area contributed by atoms with Gasteiger partial charge in [0.2, 0.25) is 0 Å². The molecular formula is C23H35FN4. The van der Waals surface area contributed by atoms with E-state index in [0.717, 1.165) is 56.9 Å². The zero-order valence-corrected chi connectivity index (χ0v) is 17.7. The fourth-order valence-corrected chi connectivity index (χ4v) is 4.27. The minimum Gasteiger partial charge on any atom is -0.303 e. The van der Waals surface area contributed by atoms with Gasteiger partial charge in [0.15, 0.2) is 0 Å². The summed E-state index contributed by atoms with van der Waals surface area (Å²) >= 11 is 0. The van der Waals surface area contributed by atoms with Crippen molar-refractivity contribution in [2.45, 2.75) is 53.1 Å². The normalized spacial score (nSPS) is 18.1. The predicted octanol–water partition coefficient (Wildman–Crippen LogP) is 4.13. The molecule has 0 radical (unpaired) electrons. The zero-order chi connectivity index (χ0) is 19.9. The quantitative estimate of drug-likeness (QED) is 0.648. The molecule has 1 aliphatic heterocycles. The SMILES string of the molecule is CCN(Cc1cn(CC)nc1C)CC1CCCN(CCc2cccc(F)c2)C1. The Morgan fingerprint density at radius 2 is 2.14 bits per heavy atom. The number of nitrogens with zero attached hydrogens (tertiary/aromatic N) is 4. The lowest BCUT2D eigenvalue weighted by atomic mass is 9.96. The summed E-state index contributed by atoms with van der Waals surface area (Å²) in [6.07, 6.45) is 5.69. The summed E-state index contributed by atoms with van der Waals surface area (Å²) in [6.45, 7) is 14.0. The fourth-order valence-electron chi connectivity index (χ4n) is 4.27. The van der Waals surface area contributed by atoms with Gasteiger partial charge in [0.25, 0.3) is 0 Å². The van der Waals surface area contributed by atoms with Crippen LogP contribution in [0.1, 0.15) is 43.5 Å². The molecule has 4 nitrogen and oxygen atoms in total. The largest absolute Gasteiger partial charge is 0.303 e. The lowest BCUT2D eigenvalue weighted by Gasteiger charge is -2.35. The third-order valence-electron chi connectivity index (χ3n) is 5.94.